The van der Waals surface area contributed by atoms with Gasteiger partial charge in [-0.15, -0.1) is 6.58 Å². The molecule has 3 nitrogen and oxygen atoms in total. The highest BCUT2D eigenvalue weighted by molar-refractivity contribution is 4.62. The van der Waals surface area contributed by atoms with E-state index in [1.807, 2.05) is 0 Å². The van der Waals surface area contributed by atoms with Crippen molar-refractivity contribution < 1.29 is 14.9 Å². The van der Waals surface area contributed by atoms with Gasteiger partial charge in [-0.05, 0) is 0 Å². The Bertz CT molecular complexity index is 53.6. The van der Waals surface area contributed by atoms with Crippen molar-refractivity contribution in [3.63, 3.8) is 0 Å². The summed E-state index contributed by atoms with van der Waals surface area (Å²) >= 11 is 0. The van der Waals surface area contributed by atoms with Crippen LogP contribution in [0.15, 0.2) is 12.7 Å². The lowest BCUT2D eigenvalue weighted by atomic mass is 10.7. The lowest BCUT2D eigenvalue weighted by molar-refractivity contribution is -0.289. The van der Waals surface area contributed by atoms with E-state index in [0.717, 1.165) is 0 Å². The fraction of sp³-hybridized carbons (Fsp3) is 0.600. The Kier molecular flexibility index (Phi) is 6.31. The van der Waals surface area contributed by atoms with Crippen molar-refractivity contribution in [1.29, 1.82) is 0 Å². The minimum Gasteiger partial charge on any atom is -0.394 e. The van der Waals surface area contributed by atoms with Crippen molar-refractivity contribution in [3.8, 4) is 0 Å². The van der Waals surface area contributed by atoms with Crippen LogP contribution in [0, 0.1) is 0 Å². The summed E-state index contributed by atoms with van der Waals surface area (Å²) in [6.07, 6.45) is 1.57. The molecule has 1 N–H and O–H groups in total. The van der Waals surface area contributed by atoms with Crippen LogP contribution in [0.1, 0.15) is 0 Å². The van der Waals surface area contributed by atoms with Gasteiger partial charge in [0.2, 0.25) is 0 Å². The molecule has 0 aliphatic rings. The first-order valence-electron chi connectivity index (χ1n) is 2.38. The lowest BCUT2D eigenvalue weighted by Crippen LogP contribution is -1.99. The van der Waals surface area contributed by atoms with E-state index in [-0.39, 0.29) is 13.2 Å². The standard InChI is InChI=1S/C5H10O3/c1-2-4-7-8-5-3-6/h2,6H,1,3-5H2. The first kappa shape index (κ1) is 7.62. The Morgan fingerprint density at radius 3 is 2.75 bits per heavy atom. The zero-order valence-electron chi connectivity index (χ0n) is 4.67. The third kappa shape index (κ3) is 5.62. The van der Waals surface area contributed by atoms with E-state index >= 15 is 0 Å². The SMILES string of the molecule is C=CCOOCCO. The van der Waals surface area contributed by atoms with E-state index in [9.17, 15) is 0 Å². The number of aliphatic hydroxyl groups excluding tert-OH is 1. The van der Waals surface area contributed by atoms with E-state index in [1.54, 1.807) is 6.08 Å². The highest BCUT2D eigenvalue weighted by atomic mass is 17.2. The van der Waals surface area contributed by atoms with Crippen molar-refractivity contribution in [2.75, 3.05) is 19.8 Å². The molecular formula is C5H10O3. The number of hydrogen-bond donors (Lipinski definition) is 1. The molecule has 8 heavy (non-hydrogen) atoms. The third-order valence-corrected chi connectivity index (χ3v) is 0.444. The number of hydrogen-bond acceptors (Lipinski definition) is 3. The van der Waals surface area contributed by atoms with Crippen LogP contribution in [0.2, 0.25) is 0 Å². The molecule has 0 radical (unpaired) electrons. The average Bonchev–Trinajstić information content (AvgIpc) is 1.81. The van der Waals surface area contributed by atoms with Gasteiger partial charge in [0, 0.05) is 0 Å². The summed E-state index contributed by atoms with van der Waals surface area (Å²) in [5, 5.41) is 8.13. The van der Waals surface area contributed by atoms with E-state index in [0.29, 0.717) is 6.61 Å². The molecular weight excluding hydrogens is 108 g/mol. The van der Waals surface area contributed by atoms with Crippen LogP contribution < -0.4 is 0 Å². The van der Waals surface area contributed by atoms with Gasteiger partial charge in [-0.25, -0.2) is 9.78 Å². The molecule has 0 atom stereocenters. The minimum absolute atomic E-state index is 0.0167. The van der Waals surface area contributed by atoms with Gasteiger partial charge in [-0.2, -0.15) is 0 Å². The molecule has 0 amide bonds. The third-order valence-electron chi connectivity index (χ3n) is 0.444. The molecule has 0 aliphatic carbocycles. The van der Waals surface area contributed by atoms with Gasteiger partial charge >= 0.3 is 0 Å². The first-order chi connectivity index (χ1) is 3.91. The Labute approximate surface area is 48.5 Å². The molecule has 0 saturated carbocycles. The summed E-state index contributed by atoms with van der Waals surface area (Å²) < 4.78 is 0. The van der Waals surface area contributed by atoms with Gasteiger partial charge in [0.15, 0.2) is 0 Å². The molecule has 0 unspecified atom stereocenters. The summed E-state index contributed by atoms with van der Waals surface area (Å²) in [4.78, 5) is 8.85. The Balaban J connectivity index is 2.62. The van der Waals surface area contributed by atoms with Crippen LogP contribution in [0.25, 0.3) is 0 Å². The summed E-state index contributed by atoms with van der Waals surface area (Å²) in [6.45, 7) is 3.95. The smallest absolute Gasteiger partial charge is 0.105 e. The van der Waals surface area contributed by atoms with Crippen LogP contribution in [0.3, 0.4) is 0 Å². The minimum atomic E-state index is -0.0167. The van der Waals surface area contributed by atoms with E-state index in [1.165, 1.54) is 0 Å². The topological polar surface area (TPSA) is 38.7 Å². The molecule has 0 rings (SSSR count). The molecule has 0 aromatic rings. The maximum atomic E-state index is 8.13. The first-order valence-corrected chi connectivity index (χ1v) is 2.38. The number of aliphatic hydroxyl groups is 1. The molecule has 0 saturated heterocycles. The molecule has 0 aromatic heterocycles. The van der Waals surface area contributed by atoms with Gasteiger partial charge in [0.1, 0.15) is 13.2 Å². The molecule has 0 fully saturated rings. The average molecular weight is 118 g/mol. The van der Waals surface area contributed by atoms with Crippen molar-refractivity contribution in [1.82, 2.24) is 0 Å². The van der Waals surface area contributed by atoms with E-state index < -0.39 is 0 Å². The summed E-state index contributed by atoms with van der Waals surface area (Å²) in [7, 11) is 0. The molecule has 0 spiro atoms. The fourth-order valence-corrected chi connectivity index (χ4v) is 0.192. The second-order valence-electron chi connectivity index (χ2n) is 1.12. The second-order valence-corrected chi connectivity index (χ2v) is 1.12. The Morgan fingerprint density at radius 1 is 1.50 bits per heavy atom. The maximum absolute atomic E-state index is 8.13. The number of rotatable bonds is 5. The summed E-state index contributed by atoms with van der Waals surface area (Å²) in [6, 6.07) is 0. The van der Waals surface area contributed by atoms with Crippen molar-refractivity contribution in [3.05, 3.63) is 12.7 Å². The molecule has 3 heteroatoms. The predicted octanol–water partition coefficient (Wildman–Crippen LogP) is 0.113. The molecule has 0 heterocycles. The van der Waals surface area contributed by atoms with Gasteiger partial charge in [-0.1, -0.05) is 6.08 Å². The van der Waals surface area contributed by atoms with Crippen LogP contribution in [-0.4, -0.2) is 24.9 Å². The van der Waals surface area contributed by atoms with Crippen molar-refractivity contribution >= 4 is 0 Å². The fourth-order valence-electron chi connectivity index (χ4n) is 0.192. The van der Waals surface area contributed by atoms with Gasteiger partial charge in [-0.3, -0.25) is 0 Å². The van der Waals surface area contributed by atoms with Crippen molar-refractivity contribution in [2.45, 2.75) is 0 Å². The van der Waals surface area contributed by atoms with Gasteiger partial charge < -0.3 is 5.11 Å². The maximum Gasteiger partial charge on any atom is 0.105 e. The monoisotopic (exact) mass is 118 g/mol. The predicted molar refractivity (Wildman–Crippen MR) is 29.2 cm³/mol. The van der Waals surface area contributed by atoms with E-state index in [2.05, 4.69) is 16.4 Å². The largest absolute Gasteiger partial charge is 0.394 e. The molecule has 0 aliphatic heterocycles. The molecule has 0 bridgehead atoms. The quantitative estimate of drug-likeness (QED) is 0.241. The van der Waals surface area contributed by atoms with Crippen LogP contribution in [0.5, 0.6) is 0 Å². The normalized spacial score (nSPS) is 9.12. The zero-order valence-corrected chi connectivity index (χ0v) is 4.67. The molecule has 0 aromatic carbocycles. The Morgan fingerprint density at radius 2 is 2.25 bits per heavy atom. The lowest BCUT2D eigenvalue weighted by Gasteiger charge is -1.95. The van der Waals surface area contributed by atoms with E-state index in [4.69, 9.17) is 5.11 Å². The van der Waals surface area contributed by atoms with Crippen LogP contribution in [0.4, 0.5) is 0 Å². The Hall–Kier alpha value is -0.380. The van der Waals surface area contributed by atoms with Gasteiger partial charge in [0.25, 0.3) is 0 Å². The summed E-state index contributed by atoms with van der Waals surface area (Å²) in [5.41, 5.74) is 0. The highest BCUT2D eigenvalue weighted by Gasteiger charge is 1.80. The highest BCUT2D eigenvalue weighted by Crippen LogP contribution is 1.75. The molecule has 48 valence electrons. The van der Waals surface area contributed by atoms with Crippen molar-refractivity contribution in [2.24, 2.45) is 0 Å². The van der Waals surface area contributed by atoms with Crippen LogP contribution >= 0.6 is 0 Å². The second kappa shape index (κ2) is 6.62. The summed E-state index contributed by atoms with van der Waals surface area (Å²) in [5.74, 6) is 0. The van der Waals surface area contributed by atoms with Gasteiger partial charge in [0.05, 0.1) is 6.61 Å². The van der Waals surface area contributed by atoms with Crippen LogP contribution in [-0.2, 0) is 9.78 Å². The zero-order chi connectivity index (χ0) is 6.24.